The number of anilines is 1. The van der Waals surface area contributed by atoms with Crippen molar-refractivity contribution >= 4 is 27.4 Å². The summed E-state index contributed by atoms with van der Waals surface area (Å²) in [6, 6.07) is 7.79. The summed E-state index contributed by atoms with van der Waals surface area (Å²) in [6.07, 6.45) is 4.72. The number of hydrogen-bond donors (Lipinski definition) is 1. The van der Waals surface area contributed by atoms with Crippen LogP contribution >= 0.6 is 11.3 Å². The van der Waals surface area contributed by atoms with Crippen molar-refractivity contribution < 1.29 is 9.47 Å². The van der Waals surface area contributed by atoms with E-state index in [1.165, 1.54) is 23.3 Å². The van der Waals surface area contributed by atoms with Gasteiger partial charge in [0.25, 0.3) is 0 Å². The largest absolute Gasteiger partial charge is 0.486 e. The van der Waals surface area contributed by atoms with Gasteiger partial charge in [-0.05, 0) is 50.4 Å². The van der Waals surface area contributed by atoms with Gasteiger partial charge in [-0.2, -0.15) is 0 Å². The number of nitrogens with two attached hydrogens (primary N) is 1. The lowest BCUT2D eigenvalue weighted by atomic mass is 9.97. The van der Waals surface area contributed by atoms with E-state index in [1.54, 1.807) is 11.3 Å². The Hall–Kier alpha value is -2.38. The summed E-state index contributed by atoms with van der Waals surface area (Å²) in [5.74, 6) is 3.00. The van der Waals surface area contributed by atoms with Crippen LogP contribution in [0.15, 0.2) is 24.3 Å². The third-order valence-electron chi connectivity index (χ3n) is 5.38. The molecule has 2 aliphatic rings. The molecule has 0 amide bonds. The van der Waals surface area contributed by atoms with Gasteiger partial charge in [0.05, 0.1) is 11.9 Å². The van der Waals surface area contributed by atoms with E-state index in [2.05, 4.69) is 9.88 Å². The molecule has 3 aromatic rings. The predicted octanol–water partition coefficient (Wildman–Crippen LogP) is 3.42. The topological polar surface area (TPSA) is 73.5 Å². The second-order valence-electron chi connectivity index (χ2n) is 7.61. The van der Waals surface area contributed by atoms with Crippen LogP contribution in [0.4, 0.5) is 5.82 Å². The summed E-state index contributed by atoms with van der Waals surface area (Å²) in [5.41, 5.74) is 7.72. The molecule has 2 aromatic heterocycles. The minimum atomic E-state index is -0.0185. The Labute approximate surface area is 168 Å². The van der Waals surface area contributed by atoms with E-state index in [0.29, 0.717) is 19.0 Å². The number of likely N-dealkylation sites (N-methyl/N-ethyl adjacent to an activating group) is 1. The van der Waals surface area contributed by atoms with Gasteiger partial charge in [-0.15, -0.1) is 11.3 Å². The zero-order valence-electron chi connectivity index (χ0n) is 16.0. The average molecular weight is 397 g/mol. The first-order valence-corrected chi connectivity index (χ1v) is 10.6. The van der Waals surface area contributed by atoms with Crippen LogP contribution in [-0.4, -0.2) is 41.2 Å². The van der Waals surface area contributed by atoms with Crippen molar-refractivity contribution in [2.45, 2.75) is 38.3 Å². The van der Waals surface area contributed by atoms with E-state index in [0.717, 1.165) is 46.9 Å². The molecule has 5 rings (SSSR count). The Bertz CT molecular complexity index is 1020. The van der Waals surface area contributed by atoms with Crippen molar-refractivity contribution in [1.82, 2.24) is 14.9 Å². The maximum atomic E-state index is 6.33. The van der Waals surface area contributed by atoms with Crippen molar-refractivity contribution in [2.75, 3.05) is 25.9 Å². The molecule has 146 valence electrons. The third kappa shape index (κ3) is 3.29. The second kappa shape index (κ2) is 7.22. The summed E-state index contributed by atoms with van der Waals surface area (Å²) in [4.78, 5) is 14.1. The molecule has 1 aliphatic carbocycles. The van der Waals surface area contributed by atoms with E-state index in [9.17, 15) is 0 Å². The second-order valence-corrected chi connectivity index (χ2v) is 8.69. The first-order valence-electron chi connectivity index (χ1n) is 9.81. The van der Waals surface area contributed by atoms with Crippen LogP contribution in [0.2, 0.25) is 0 Å². The van der Waals surface area contributed by atoms with Crippen LogP contribution in [0.25, 0.3) is 10.2 Å². The number of thiophene rings is 1. The Morgan fingerprint density at radius 2 is 2.00 bits per heavy atom. The molecular formula is C21H24N4O2S. The number of benzene rings is 1. The highest BCUT2D eigenvalue weighted by Crippen LogP contribution is 2.37. The molecule has 0 saturated heterocycles. The Balaban J connectivity index is 1.30. The number of ether oxygens (including phenoxy) is 2. The quantitative estimate of drug-likeness (QED) is 0.728. The fourth-order valence-electron chi connectivity index (χ4n) is 4.11. The SMILES string of the molecule is CN(Cc1nc(N)c2c3c(sc2n1)CCCC3)CC1COc2ccccc2O1. The van der Waals surface area contributed by atoms with Gasteiger partial charge < -0.3 is 15.2 Å². The lowest BCUT2D eigenvalue weighted by Gasteiger charge is -2.29. The molecule has 0 spiro atoms. The molecule has 1 unspecified atom stereocenters. The van der Waals surface area contributed by atoms with Crippen molar-refractivity contribution in [3.63, 3.8) is 0 Å². The van der Waals surface area contributed by atoms with Crippen molar-refractivity contribution in [3.8, 4) is 11.5 Å². The number of nitrogen functional groups attached to an aromatic ring is 1. The molecular weight excluding hydrogens is 372 g/mol. The normalized spacial score (nSPS) is 18.4. The molecule has 0 fully saturated rings. The average Bonchev–Trinajstić information content (AvgIpc) is 3.06. The Morgan fingerprint density at radius 1 is 1.18 bits per heavy atom. The molecule has 0 radical (unpaired) electrons. The molecule has 7 heteroatoms. The molecule has 1 aromatic carbocycles. The zero-order chi connectivity index (χ0) is 19.1. The van der Waals surface area contributed by atoms with Crippen molar-refractivity contribution in [3.05, 3.63) is 40.5 Å². The van der Waals surface area contributed by atoms with Gasteiger partial charge in [0.15, 0.2) is 11.5 Å². The fraction of sp³-hybridized carbons (Fsp3) is 0.429. The van der Waals surface area contributed by atoms with E-state index in [4.69, 9.17) is 20.2 Å². The molecule has 2 N–H and O–H groups in total. The van der Waals surface area contributed by atoms with Gasteiger partial charge in [0.1, 0.15) is 29.2 Å². The summed E-state index contributed by atoms with van der Waals surface area (Å²) in [6.45, 7) is 1.90. The number of hydrogen-bond acceptors (Lipinski definition) is 7. The summed E-state index contributed by atoms with van der Waals surface area (Å²) < 4.78 is 11.9. The maximum Gasteiger partial charge on any atom is 0.161 e. The number of rotatable bonds is 4. The smallest absolute Gasteiger partial charge is 0.161 e. The van der Waals surface area contributed by atoms with Gasteiger partial charge in [0, 0.05) is 11.4 Å². The third-order valence-corrected chi connectivity index (χ3v) is 6.57. The molecule has 3 heterocycles. The Morgan fingerprint density at radius 3 is 2.89 bits per heavy atom. The highest BCUT2D eigenvalue weighted by atomic mass is 32.1. The van der Waals surface area contributed by atoms with E-state index in [-0.39, 0.29) is 6.10 Å². The molecule has 1 atom stereocenters. The molecule has 1 aliphatic heterocycles. The predicted molar refractivity (Wildman–Crippen MR) is 111 cm³/mol. The minimum absolute atomic E-state index is 0.0185. The number of nitrogens with zero attached hydrogens (tertiary/aromatic N) is 3. The van der Waals surface area contributed by atoms with E-state index in [1.807, 2.05) is 31.3 Å². The van der Waals surface area contributed by atoms with Crippen molar-refractivity contribution in [2.24, 2.45) is 0 Å². The minimum Gasteiger partial charge on any atom is -0.486 e. The number of para-hydroxylation sites is 2. The maximum absolute atomic E-state index is 6.33. The van der Waals surface area contributed by atoms with Crippen LogP contribution in [0.3, 0.4) is 0 Å². The lowest BCUT2D eigenvalue weighted by molar-refractivity contribution is 0.0632. The van der Waals surface area contributed by atoms with Gasteiger partial charge in [0.2, 0.25) is 0 Å². The van der Waals surface area contributed by atoms with E-state index >= 15 is 0 Å². The summed E-state index contributed by atoms with van der Waals surface area (Å²) >= 11 is 1.79. The summed E-state index contributed by atoms with van der Waals surface area (Å²) in [5, 5.41) is 1.09. The molecule has 6 nitrogen and oxygen atoms in total. The number of aromatic nitrogens is 2. The standard InChI is InChI=1S/C21H24N4O2S/c1-25(10-13-12-26-15-7-3-4-8-16(15)27-13)11-18-23-20(22)19-14-6-2-5-9-17(14)28-21(19)24-18/h3-4,7-8,13H,2,5-6,9-12H2,1H3,(H2,22,23,24). The Kier molecular flexibility index (Phi) is 4.56. The van der Waals surface area contributed by atoms with Crippen LogP contribution in [0.1, 0.15) is 29.1 Å². The first-order chi connectivity index (χ1) is 13.7. The van der Waals surface area contributed by atoms with E-state index < -0.39 is 0 Å². The van der Waals surface area contributed by atoms with Gasteiger partial charge in [-0.25, -0.2) is 9.97 Å². The van der Waals surface area contributed by atoms with Crippen LogP contribution in [0.5, 0.6) is 11.5 Å². The fourth-order valence-corrected chi connectivity index (χ4v) is 5.40. The number of fused-ring (bicyclic) bond motifs is 4. The molecule has 28 heavy (non-hydrogen) atoms. The summed E-state index contributed by atoms with van der Waals surface area (Å²) in [7, 11) is 2.05. The zero-order valence-corrected chi connectivity index (χ0v) is 16.8. The molecule has 0 bridgehead atoms. The highest BCUT2D eigenvalue weighted by Gasteiger charge is 2.23. The lowest BCUT2D eigenvalue weighted by Crippen LogP contribution is -2.39. The van der Waals surface area contributed by atoms with Gasteiger partial charge in [-0.3, -0.25) is 4.90 Å². The van der Waals surface area contributed by atoms with Crippen molar-refractivity contribution in [1.29, 1.82) is 0 Å². The van der Waals surface area contributed by atoms with Gasteiger partial charge in [-0.1, -0.05) is 12.1 Å². The van der Waals surface area contributed by atoms with Crippen LogP contribution < -0.4 is 15.2 Å². The first kappa shape index (κ1) is 17.7. The monoisotopic (exact) mass is 396 g/mol. The van der Waals surface area contributed by atoms with Gasteiger partial charge >= 0.3 is 0 Å². The number of aryl methyl sites for hydroxylation is 2. The molecule has 0 saturated carbocycles. The van der Waals surface area contributed by atoms with Crippen LogP contribution in [-0.2, 0) is 19.4 Å². The van der Waals surface area contributed by atoms with Crippen LogP contribution in [0, 0.1) is 0 Å². The highest BCUT2D eigenvalue weighted by molar-refractivity contribution is 7.19.